The highest BCUT2D eigenvalue weighted by molar-refractivity contribution is 14.1. The van der Waals surface area contributed by atoms with Gasteiger partial charge in [-0.3, -0.25) is 9.52 Å². The third-order valence-corrected chi connectivity index (χ3v) is 6.25. The van der Waals surface area contributed by atoms with Gasteiger partial charge in [-0.15, -0.1) is 0 Å². The van der Waals surface area contributed by atoms with E-state index in [1.807, 2.05) is 26.0 Å². The molecule has 2 aromatic rings. The number of hydrogen-bond acceptors (Lipinski definition) is 3. The number of sulfonamides is 1. The third kappa shape index (κ3) is 4.94. The molecule has 0 atom stereocenters. The van der Waals surface area contributed by atoms with Crippen LogP contribution >= 0.6 is 22.6 Å². The third-order valence-electron chi connectivity index (χ3n) is 3.33. The van der Waals surface area contributed by atoms with Gasteiger partial charge in [-0.1, -0.05) is 19.1 Å². The van der Waals surface area contributed by atoms with E-state index in [-0.39, 0.29) is 11.7 Å². The zero-order valence-corrected chi connectivity index (χ0v) is 16.4. The van der Waals surface area contributed by atoms with Gasteiger partial charge in [0.05, 0.1) is 11.3 Å². The molecule has 0 aliphatic carbocycles. The molecule has 0 aliphatic rings. The van der Waals surface area contributed by atoms with Crippen LogP contribution in [0.2, 0.25) is 0 Å². The molecule has 2 N–H and O–H groups in total. The van der Waals surface area contributed by atoms with Crippen LogP contribution in [-0.4, -0.2) is 20.1 Å². The molecule has 24 heavy (non-hydrogen) atoms. The van der Waals surface area contributed by atoms with Crippen molar-refractivity contribution >= 4 is 49.9 Å². The summed E-state index contributed by atoms with van der Waals surface area (Å²) in [5, 5.41) is 2.82. The molecule has 0 spiro atoms. The number of hydrogen-bond donors (Lipinski definition) is 2. The standard InChI is InChI=1S/C17H19IN2O3S/c1-3-11-24(22,23)20-14-9-7-13(8-10-14)19-17(21)15-6-4-5-12(2)16(15)18/h4-10,20H,3,11H2,1-2H3,(H,19,21). The number of nitrogens with one attached hydrogen (secondary N) is 2. The number of carbonyl (C=O) groups excluding carboxylic acids is 1. The number of anilines is 2. The van der Waals surface area contributed by atoms with Crippen molar-refractivity contribution in [3.63, 3.8) is 0 Å². The normalized spacial score (nSPS) is 11.1. The van der Waals surface area contributed by atoms with Crippen molar-refractivity contribution in [1.29, 1.82) is 0 Å². The van der Waals surface area contributed by atoms with Crippen molar-refractivity contribution in [3.05, 3.63) is 57.2 Å². The van der Waals surface area contributed by atoms with Crippen molar-refractivity contribution in [2.75, 3.05) is 15.8 Å². The minimum absolute atomic E-state index is 0.0806. The van der Waals surface area contributed by atoms with Crippen LogP contribution in [0.4, 0.5) is 11.4 Å². The zero-order valence-electron chi connectivity index (χ0n) is 13.5. The molecule has 0 aliphatic heterocycles. The Kier molecular flexibility index (Phi) is 6.22. The molecule has 0 heterocycles. The van der Waals surface area contributed by atoms with Gasteiger partial charge in [0.25, 0.3) is 5.91 Å². The van der Waals surface area contributed by atoms with Gasteiger partial charge in [0.15, 0.2) is 0 Å². The Labute approximate surface area is 156 Å². The summed E-state index contributed by atoms with van der Waals surface area (Å²) in [5.74, 6) is -0.112. The topological polar surface area (TPSA) is 75.3 Å². The smallest absolute Gasteiger partial charge is 0.256 e. The molecule has 1 amide bonds. The fraction of sp³-hybridized carbons (Fsp3) is 0.235. The first-order valence-electron chi connectivity index (χ1n) is 7.49. The lowest BCUT2D eigenvalue weighted by atomic mass is 10.1. The van der Waals surface area contributed by atoms with Crippen molar-refractivity contribution < 1.29 is 13.2 Å². The van der Waals surface area contributed by atoms with Crippen LogP contribution in [0.3, 0.4) is 0 Å². The van der Waals surface area contributed by atoms with Crippen LogP contribution in [0.5, 0.6) is 0 Å². The summed E-state index contributed by atoms with van der Waals surface area (Å²) in [5.41, 5.74) is 2.74. The van der Waals surface area contributed by atoms with Gasteiger partial charge < -0.3 is 5.32 Å². The number of carbonyl (C=O) groups is 1. The maximum atomic E-state index is 12.4. The lowest BCUT2D eigenvalue weighted by Gasteiger charge is -2.10. The highest BCUT2D eigenvalue weighted by Gasteiger charge is 2.12. The molecular formula is C17H19IN2O3S. The van der Waals surface area contributed by atoms with E-state index in [1.54, 1.807) is 30.3 Å². The second-order valence-electron chi connectivity index (χ2n) is 5.39. The molecule has 0 fully saturated rings. The van der Waals surface area contributed by atoms with Crippen molar-refractivity contribution in [3.8, 4) is 0 Å². The number of halogens is 1. The Balaban J connectivity index is 2.09. The quantitative estimate of drug-likeness (QED) is 0.643. The Morgan fingerprint density at radius 3 is 2.33 bits per heavy atom. The first kappa shape index (κ1) is 18.7. The average molecular weight is 458 g/mol. The molecule has 0 aromatic heterocycles. The Bertz CT molecular complexity index is 833. The molecular weight excluding hydrogens is 439 g/mol. The van der Waals surface area contributed by atoms with Gasteiger partial charge in [-0.05, 0) is 71.8 Å². The predicted octanol–water partition coefficient (Wildman–Crippen LogP) is 4.00. The highest BCUT2D eigenvalue weighted by atomic mass is 127. The second-order valence-corrected chi connectivity index (χ2v) is 8.31. The van der Waals surface area contributed by atoms with E-state index in [1.165, 1.54) is 0 Å². The highest BCUT2D eigenvalue weighted by Crippen LogP contribution is 2.20. The molecule has 0 bridgehead atoms. The maximum Gasteiger partial charge on any atom is 0.256 e. The summed E-state index contributed by atoms with van der Waals surface area (Å²) in [6, 6.07) is 12.2. The predicted molar refractivity (Wildman–Crippen MR) is 106 cm³/mol. The molecule has 0 unspecified atom stereocenters. The molecule has 128 valence electrons. The lowest BCUT2D eigenvalue weighted by Crippen LogP contribution is -2.16. The average Bonchev–Trinajstić information content (AvgIpc) is 2.51. The summed E-state index contributed by atoms with van der Waals surface area (Å²) in [6.45, 7) is 3.76. The van der Waals surface area contributed by atoms with Crippen LogP contribution in [-0.2, 0) is 10.0 Å². The fourth-order valence-corrected chi connectivity index (χ4v) is 3.88. The number of rotatable bonds is 6. The van der Waals surface area contributed by atoms with Crippen molar-refractivity contribution in [2.45, 2.75) is 20.3 Å². The van der Waals surface area contributed by atoms with E-state index in [4.69, 9.17) is 0 Å². The van der Waals surface area contributed by atoms with Crippen molar-refractivity contribution in [2.24, 2.45) is 0 Å². The van der Waals surface area contributed by atoms with E-state index >= 15 is 0 Å². The van der Waals surface area contributed by atoms with Gasteiger partial charge in [0.1, 0.15) is 0 Å². The van der Waals surface area contributed by atoms with E-state index in [0.29, 0.717) is 23.4 Å². The van der Waals surface area contributed by atoms with E-state index in [0.717, 1.165) is 9.13 Å². The second kappa shape index (κ2) is 7.98. The molecule has 0 saturated heterocycles. The van der Waals surface area contributed by atoms with Gasteiger partial charge in [-0.2, -0.15) is 0 Å². The summed E-state index contributed by atoms with van der Waals surface area (Å²) in [4.78, 5) is 12.4. The first-order chi connectivity index (χ1) is 11.3. The number of benzene rings is 2. The Morgan fingerprint density at radius 1 is 1.08 bits per heavy atom. The summed E-state index contributed by atoms with van der Waals surface area (Å²) in [6.07, 6.45) is 0.554. The minimum Gasteiger partial charge on any atom is -0.322 e. The number of aryl methyl sites for hydroxylation is 1. The largest absolute Gasteiger partial charge is 0.322 e. The molecule has 0 saturated carbocycles. The summed E-state index contributed by atoms with van der Waals surface area (Å²) in [7, 11) is -3.31. The monoisotopic (exact) mass is 458 g/mol. The SMILES string of the molecule is CCCS(=O)(=O)Nc1ccc(NC(=O)c2cccc(C)c2I)cc1. The van der Waals surface area contributed by atoms with Gasteiger partial charge in [-0.25, -0.2) is 8.42 Å². The van der Waals surface area contributed by atoms with E-state index < -0.39 is 10.0 Å². The first-order valence-corrected chi connectivity index (χ1v) is 10.2. The van der Waals surface area contributed by atoms with Crippen LogP contribution in [0.15, 0.2) is 42.5 Å². The van der Waals surface area contributed by atoms with Crippen LogP contribution in [0.25, 0.3) is 0 Å². The molecule has 5 nitrogen and oxygen atoms in total. The van der Waals surface area contributed by atoms with Gasteiger partial charge in [0.2, 0.25) is 10.0 Å². The minimum atomic E-state index is -3.31. The van der Waals surface area contributed by atoms with Crippen LogP contribution in [0.1, 0.15) is 29.3 Å². The molecule has 2 rings (SSSR count). The van der Waals surface area contributed by atoms with Gasteiger partial charge in [0, 0.05) is 14.9 Å². The van der Waals surface area contributed by atoms with Gasteiger partial charge >= 0.3 is 0 Å². The Morgan fingerprint density at radius 2 is 1.71 bits per heavy atom. The Hall–Kier alpha value is -1.61. The maximum absolute atomic E-state index is 12.4. The van der Waals surface area contributed by atoms with E-state index in [9.17, 15) is 13.2 Å². The lowest BCUT2D eigenvalue weighted by molar-refractivity contribution is 0.102. The van der Waals surface area contributed by atoms with Crippen LogP contribution in [0, 0.1) is 10.5 Å². The number of amides is 1. The molecule has 7 heteroatoms. The summed E-state index contributed by atoms with van der Waals surface area (Å²) < 4.78 is 26.9. The molecule has 2 aromatic carbocycles. The zero-order chi connectivity index (χ0) is 17.7. The van der Waals surface area contributed by atoms with Crippen molar-refractivity contribution in [1.82, 2.24) is 0 Å². The van der Waals surface area contributed by atoms with E-state index in [2.05, 4.69) is 32.6 Å². The fourth-order valence-electron chi connectivity index (χ4n) is 2.14. The molecule has 0 radical (unpaired) electrons. The summed E-state index contributed by atoms with van der Waals surface area (Å²) >= 11 is 2.15. The van der Waals surface area contributed by atoms with Crippen LogP contribution < -0.4 is 10.0 Å².